The first-order chi connectivity index (χ1) is 15.5. The smallest absolute Gasteiger partial charge is 0.227 e. The van der Waals surface area contributed by atoms with Crippen LogP contribution in [0.3, 0.4) is 0 Å². The van der Waals surface area contributed by atoms with E-state index in [1.165, 1.54) is 11.6 Å². The van der Waals surface area contributed by atoms with Gasteiger partial charge in [0.1, 0.15) is 12.1 Å². The van der Waals surface area contributed by atoms with Crippen LogP contribution in [0.25, 0.3) is 22.8 Å². The Morgan fingerprint density at radius 2 is 1.81 bits per heavy atom. The van der Waals surface area contributed by atoms with Gasteiger partial charge in [0.15, 0.2) is 0 Å². The first-order valence-corrected chi connectivity index (χ1v) is 10.3. The number of amides is 1. The summed E-state index contributed by atoms with van der Waals surface area (Å²) in [6, 6.07) is 12.6. The largest absolute Gasteiger partial charge is 0.444 e. The Balaban J connectivity index is 1.23. The van der Waals surface area contributed by atoms with Crippen LogP contribution >= 0.6 is 0 Å². The zero-order chi connectivity index (χ0) is 22.5. The number of hydrogen-bond acceptors (Lipinski definition) is 6. The van der Waals surface area contributed by atoms with Gasteiger partial charge in [-0.05, 0) is 49.7 Å². The third kappa shape index (κ3) is 5.26. The summed E-state index contributed by atoms with van der Waals surface area (Å²) in [7, 11) is 0. The number of aromatic nitrogens is 3. The molecule has 0 atom stereocenters. The van der Waals surface area contributed by atoms with E-state index in [1.54, 1.807) is 25.3 Å². The van der Waals surface area contributed by atoms with Crippen molar-refractivity contribution in [2.45, 2.75) is 33.1 Å². The van der Waals surface area contributed by atoms with E-state index >= 15 is 0 Å². The Hall–Kier alpha value is -3.81. The van der Waals surface area contributed by atoms with Crippen molar-refractivity contribution in [3.63, 3.8) is 0 Å². The summed E-state index contributed by atoms with van der Waals surface area (Å²) in [4.78, 5) is 20.9. The zero-order valence-corrected chi connectivity index (χ0v) is 17.9. The number of benzene rings is 2. The van der Waals surface area contributed by atoms with E-state index in [4.69, 9.17) is 8.94 Å². The molecule has 32 heavy (non-hydrogen) atoms. The van der Waals surface area contributed by atoms with Crippen molar-refractivity contribution in [1.29, 1.82) is 0 Å². The Labute approximate surface area is 184 Å². The average Bonchev–Trinajstić information content (AvgIpc) is 3.45. The summed E-state index contributed by atoms with van der Waals surface area (Å²) in [5.41, 5.74) is 4.04. The van der Waals surface area contributed by atoms with Crippen molar-refractivity contribution >= 4 is 5.91 Å². The molecule has 0 bridgehead atoms. The van der Waals surface area contributed by atoms with Crippen LogP contribution in [0.5, 0.6) is 0 Å². The Bertz CT molecular complexity index is 1210. The Morgan fingerprint density at radius 3 is 2.59 bits per heavy atom. The van der Waals surface area contributed by atoms with E-state index < -0.39 is 0 Å². The van der Waals surface area contributed by atoms with Crippen molar-refractivity contribution in [3.8, 4) is 22.8 Å². The first-order valence-electron chi connectivity index (χ1n) is 10.3. The number of carbonyl (C=O) groups excluding carboxylic acids is 1. The second-order valence-electron chi connectivity index (χ2n) is 7.59. The standard InChI is InChI=1S/C24H23FN4O3/c1-15-3-5-17(6-4-15)24-27-19(14-31-24)11-12-26-21(30)9-10-22-28-23(29-32-22)18-7-8-20(25)16(2)13-18/h3-8,13-14H,9-12H2,1-2H3,(H,26,30). The molecule has 0 aliphatic rings. The van der Waals surface area contributed by atoms with Crippen LogP contribution in [0.15, 0.2) is 57.7 Å². The third-order valence-corrected chi connectivity index (χ3v) is 5.00. The number of oxazole rings is 1. The lowest BCUT2D eigenvalue weighted by atomic mass is 10.1. The monoisotopic (exact) mass is 434 g/mol. The summed E-state index contributed by atoms with van der Waals surface area (Å²) in [6.45, 7) is 4.15. The van der Waals surface area contributed by atoms with Crippen molar-refractivity contribution in [1.82, 2.24) is 20.4 Å². The second kappa shape index (κ2) is 9.55. The maximum absolute atomic E-state index is 13.4. The molecule has 0 aliphatic carbocycles. The van der Waals surface area contributed by atoms with Crippen molar-refractivity contribution in [3.05, 3.63) is 77.3 Å². The highest BCUT2D eigenvalue weighted by atomic mass is 19.1. The van der Waals surface area contributed by atoms with Crippen LogP contribution < -0.4 is 5.32 Å². The molecular formula is C24H23FN4O3. The summed E-state index contributed by atoms with van der Waals surface area (Å²) in [5.74, 6) is 0.890. The molecule has 4 rings (SSSR count). The molecular weight excluding hydrogens is 411 g/mol. The molecule has 2 aromatic heterocycles. The topological polar surface area (TPSA) is 94.1 Å². The van der Waals surface area contributed by atoms with Gasteiger partial charge in [0, 0.05) is 36.9 Å². The van der Waals surface area contributed by atoms with E-state index in [-0.39, 0.29) is 18.1 Å². The fourth-order valence-electron chi connectivity index (χ4n) is 3.15. The molecule has 2 aromatic carbocycles. The molecule has 8 heteroatoms. The molecule has 0 saturated heterocycles. The molecule has 0 saturated carbocycles. The highest BCUT2D eigenvalue weighted by Gasteiger charge is 2.12. The number of aryl methyl sites for hydroxylation is 3. The number of halogens is 1. The fourth-order valence-corrected chi connectivity index (χ4v) is 3.15. The SMILES string of the molecule is Cc1ccc(-c2nc(CCNC(=O)CCc3nc(-c4ccc(F)c(C)c4)no3)co2)cc1. The minimum atomic E-state index is -0.286. The van der Waals surface area contributed by atoms with Crippen LogP contribution in [0.4, 0.5) is 4.39 Å². The lowest BCUT2D eigenvalue weighted by Gasteiger charge is -2.02. The molecule has 2 heterocycles. The highest BCUT2D eigenvalue weighted by Crippen LogP contribution is 2.20. The second-order valence-corrected chi connectivity index (χ2v) is 7.59. The van der Waals surface area contributed by atoms with Crippen molar-refractivity contribution in [2.75, 3.05) is 6.54 Å². The minimum Gasteiger partial charge on any atom is -0.444 e. The molecule has 164 valence electrons. The van der Waals surface area contributed by atoms with Crippen molar-refractivity contribution < 1.29 is 18.1 Å². The van der Waals surface area contributed by atoms with E-state index in [2.05, 4.69) is 20.4 Å². The van der Waals surface area contributed by atoms with E-state index in [0.29, 0.717) is 48.1 Å². The normalized spacial score (nSPS) is 11.0. The number of rotatable bonds is 8. The molecule has 0 radical (unpaired) electrons. The lowest BCUT2D eigenvalue weighted by Crippen LogP contribution is -2.26. The van der Waals surface area contributed by atoms with Gasteiger partial charge < -0.3 is 14.3 Å². The van der Waals surface area contributed by atoms with Gasteiger partial charge in [0.05, 0.1) is 5.69 Å². The lowest BCUT2D eigenvalue weighted by molar-refractivity contribution is -0.121. The quantitative estimate of drug-likeness (QED) is 0.441. The summed E-state index contributed by atoms with van der Waals surface area (Å²) < 4.78 is 24.2. The summed E-state index contributed by atoms with van der Waals surface area (Å²) in [5, 5.41) is 6.77. The number of nitrogens with zero attached hydrogens (tertiary/aromatic N) is 3. The average molecular weight is 434 g/mol. The molecule has 1 amide bonds. The van der Waals surface area contributed by atoms with Gasteiger partial charge in [-0.15, -0.1) is 0 Å². The number of nitrogens with one attached hydrogen (secondary N) is 1. The van der Waals surface area contributed by atoms with Crippen LogP contribution in [0.2, 0.25) is 0 Å². The molecule has 4 aromatic rings. The van der Waals surface area contributed by atoms with Gasteiger partial charge in [-0.25, -0.2) is 9.37 Å². The van der Waals surface area contributed by atoms with E-state index in [9.17, 15) is 9.18 Å². The van der Waals surface area contributed by atoms with Crippen LogP contribution in [0.1, 0.15) is 29.1 Å². The van der Waals surface area contributed by atoms with Gasteiger partial charge in [0.25, 0.3) is 0 Å². The Kier molecular flexibility index (Phi) is 6.39. The van der Waals surface area contributed by atoms with Crippen LogP contribution in [-0.4, -0.2) is 27.6 Å². The Morgan fingerprint density at radius 1 is 1.03 bits per heavy atom. The van der Waals surface area contributed by atoms with Gasteiger partial charge in [0.2, 0.25) is 23.5 Å². The highest BCUT2D eigenvalue weighted by molar-refractivity contribution is 5.76. The van der Waals surface area contributed by atoms with Gasteiger partial charge in [-0.2, -0.15) is 4.98 Å². The molecule has 1 N–H and O–H groups in total. The number of hydrogen-bond donors (Lipinski definition) is 1. The minimum absolute atomic E-state index is 0.121. The third-order valence-electron chi connectivity index (χ3n) is 5.00. The molecule has 0 fully saturated rings. The molecule has 7 nitrogen and oxygen atoms in total. The summed E-state index contributed by atoms with van der Waals surface area (Å²) in [6.07, 6.45) is 2.71. The summed E-state index contributed by atoms with van der Waals surface area (Å²) >= 11 is 0. The maximum atomic E-state index is 13.4. The molecule has 0 unspecified atom stereocenters. The van der Waals surface area contributed by atoms with E-state index in [0.717, 1.165) is 11.3 Å². The maximum Gasteiger partial charge on any atom is 0.227 e. The van der Waals surface area contributed by atoms with Crippen LogP contribution in [-0.2, 0) is 17.6 Å². The van der Waals surface area contributed by atoms with Crippen molar-refractivity contribution in [2.24, 2.45) is 0 Å². The van der Waals surface area contributed by atoms with E-state index in [1.807, 2.05) is 31.2 Å². The molecule has 0 spiro atoms. The zero-order valence-electron chi connectivity index (χ0n) is 17.9. The van der Waals surface area contributed by atoms with Gasteiger partial charge in [-0.3, -0.25) is 4.79 Å². The molecule has 0 aliphatic heterocycles. The van der Waals surface area contributed by atoms with Crippen LogP contribution in [0, 0.1) is 19.7 Å². The number of carbonyl (C=O) groups is 1. The predicted molar refractivity (Wildman–Crippen MR) is 116 cm³/mol. The first kappa shape index (κ1) is 21.4. The van der Waals surface area contributed by atoms with Gasteiger partial charge in [-0.1, -0.05) is 22.9 Å². The fraction of sp³-hybridized carbons (Fsp3) is 0.250. The predicted octanol–water partition coefficient (Wildman–Crippen LogP) is 4.44. The van der Waals surface area contributed by atoms with Gasteiger partial charge >= 0.3 is 0 Å².